The molecule has 0 spiro atoms. The van der Waals surface area contributed by atoms with Crippen molar-refractivity contribution in [1.82, 2.24) is 14.9 Å². The molecule has 30 heavy (non-hydrogen) atoms. The van der Waals surface area contributed by atoms with Crippen molar-refractivity contribution >= 4 is 18.4 Å². The van der Waals surface area contributed by atoms with Gasteiger partial charge in [0.1, 0.15) is 6.61 Å². The molecule has 0 atom stereocenters. The number of rotatable bonds is 7. The normalized spacial score (nSPS) is 11.0. The van der Waals surface area contributed by atoms with Gasteiger partial charge in [-0.05, 0) is 41.5 Å². The van der Waals surface area contributed by atoms with Crippen molar-refractivity contribution in [2.75, 3.05) is 7.11 Å². The molecule has 0 saturated heterocycles. The highest BCUT2D eigenvalue weighted by molar-refractivity contribution is 7.71. The molecular formula is C23H20N4O2S. The number of hydrogen-bond acceptors (Lipinski definition) is 5. The second-order valence-electron chi connectivity index (χ2n) is 6.46. The van der Waals surface area contributed by atoms with E-state index >= 15 is 0 Å². The third kappa shape index (κ3) is 4.47. The van der Waals surface area contributed by atoms with Crippen LogP contribution in [0.3, 0.4) is 0 Å². The fraction of sp³-hybridized carbons (Fsp3) is 0.0870. The average molecular weight is 417 g/mol. The molecule has 0 saturated carbocycles. The maximum Gasteiger partial charge on any atom is 0.216 e. The SMILES string of the molecule is COc1ccc(/C=N\n2c(-c3ccccc3)n[nH]c2=S)cc1OCc1ccccc1. The molecule has 0 fully saturated rings. The van der Waals surface area contributed by atoms with Gasteiger partial charge in [0.05, 0.1) is 13.3 Å². The van der Waals surface area contributed by atoms with Crippen LogP contribution < -0.4 is 9.47 Å². The lowest BCUT2D eigenvalue weighted by Crippen LogP contribution is -1.99. The lowest BCUT2D eigenvalue weighted by atomic mass is 10.2. The van der Waals surface area contributed by atoms with Crippen molar-refractivity contribution in [3.63, 3.8) is 0 Å². The van der Waals surface area contributed by atoms with E-state index in [9.17, 15) is 0 Å². The molecular weight excluding hydrogens is 396 g/mol. The van der Waals surface area contributed by atoms with Crippen LogP contribution in [0, 0.1) is 4.77 Å². The molecule has 1 aromatic heterocycles. The summed E-state index contributed by atoms with van der Waals surface area (Å²) in [6.45, 7) is 0.447. The van der Waals surface area contributed by atoms with Crippen LogP contribution in [0.15, 0.2) is 84.0 Å². The van der Waals surface area contributed by atoms with Crippen LogP contribution in [0.1, 0.15) is 11.1 Å². The van der Waals surface area contributed by atoms with Gasteiger partial charge in [0.15, 0.2) is 17.3 Å². The second-order valence-corrected chi connectivity index (χ2v) is 6.85. The number of hydrogen-bond donors (Lipinski definition) is 1. The number of benzene rings is 3. The van der Waals surface area contributed by atoms with Gasteiger partial charge in [-0.15, -0.1) is 0 Å². The van der Waals surface area contributed by atoms with Gasteiger partial charge < -0.3 is 9.47 Å². The van der Waals surface area contributed by atoms with Crippen molar-refractivity contribution in [2.45, 2.75) is 6.61 Å². The molecule has 0 amide bonds. The third-order valence-corrected chi connectivity index (χ3v) is 4.69. The van der Waals surface area contributed by atoms with Crippen LogP contribution in [0.4, 0.5) is 0 Å². The Morgan fingerprint density at radius 1 is 1.00 bits per heavy atom. The van der Waals surface area contributed by atoms with E-state index in [0.717, 1.165) is 16.7 Å². The molecule has 0 bridgehead atoms. The molecule has 0 radical (unpaired) electrons. The summed E-state index contributed by atoms with van der Waals surface area (Å²) in [5.74, 6) is 1.95. The first-order valence-corrected chi connectivity index (χ1v) is 9.77. The molecule has 150 valence electrons. The van der Waals surface area contributed by atoms with E-state index in [4.69, 9.17) is 21.7 Å². The largest absolute Gasteiger partial charge is 0.493 e. The number of ether oxygens (including phenoxy) is 2. The maximum absolute atomic E-state index is 5.98. The Bertz CT molecular complexity index is 1200. The van der Waals surface area contributed by atoms with Gasteiger partial charge in [0, 0.05) is 5.56 Å². The average Bonchev–Trinajstić information content (AvgIpc) is 3.18. The van der Waals surface area contributed by atoms with Gasteiger partial charge in [-0.1, -0.05) is 60.7 Å². The minimum absolute atomic E-state index is 0.416. The van der Waals surface area contributed by atoms with Crippen LogP contribution >= 0.6 is 12.2 Å². The minimum Gasteiger partial charge on any atom is -0.493 e. The van der Waals surface area contributed by atoms with E-state index in [0.29, 0.717) is 28.7 Å². The standard InChI is InChI=1S/C23H20N4O2S/c1-28-20-13-12-18(14-21(20)29-16-17-8-4-2-5-9-17)15-24-27-22(25-26-23(27)30)19-10-6-3-7-11-19/h2-15H,16H2,1H3,(H,26,30)/b24-15-. The van der Waals surface area contributed by atoms with E-state index in [1.54, 1.807) is 18.0 Å². The summed E-state index contributed by atoms with van der Waals surface area (Å²) in [4.78, 5) is 0. The highest BCUT2D eigenvalue weighted by Gasteiger charge is 2.08. The topological polar surface area (TPSA) is 64.4 Å². The Kier molecular flexibility index (Phi) is 6.01. The predicted molar refractivity (Wildman–Crippen MR) is 120 cm³/mol. The van der Waals surface area contributed by atoms with Crippen molar-refractivity contribution in [1.29, 1.82) is 0 Å². The summed E-state index contributed by atoms with van der Waals surface area (Å²) in [6.07, 6.45) is 1.71. The number of methoxy groups -OCH3 is 1. The summed E-state index contributed by atoms with van der Waals surface area (Å²) in [5, 5.41) is 11.6. The molecule has 0 unspecified atom stereocenters. The zero-order chi connectivity index (χ0) is 20.8. The first kappa shape index (κ1) is 19.6. The highest BCUT2D eigenvalue weighted by atomic mass is 32.1. The highest BCUT2D eigenvalue weighted by Crippen LogP contribution is 2.28. The molecule has 3 aromatic carbocycles. The molecule has 1 N–H and O–H groups in total. The lowest BCUT2D eigenvalue weighted by Gasteiger charge is -2.11. The van der Waals surface area contributed by atoms with Gasteiger partial charge in [0.25, 0.3) is 0 Å². The molecule has 7 heteroatoms. The quantitative estimate of drug-likeness (QED) is 0.337. The van der Waals surface area contributed by atoms with Crippen molar-refractivity contribution in [3.05, 3.63) is 94.8 Å². The molecule has 0 aliphatic carbocycles. The third-order valence-electron chi connectivity index (χ3n) is 4.43. The summed E-state index contributed by atoms with van der Waals surface area (Å²) in [5.41, 5.74) is 2.85. The van der Waals surface area contributed by atoms with E-state index in [2.05, 4.69) is 15.3 Å². The second kappa shape index (κ2) is 9.19. The number of nitrogens with one attached hydrogen (secondary N) is 1. The van der Waals surface area contributed by atoms with Crippen LogP contribution in [-0.2, 0) is 6.61 Å². The van der Waals surface area contributed by atoms with Crippen molar-refractivity contribution in [2.24, 2.45) is 5.10 Å². The van der Waals surface area contributed by atoms with Crippen LogP contribution in [0.2, 0.25) is 0 Å². The first-order chi connectivity index (χ1) is 14.7. The van der Waals surface area contributed by atoms with Crippen LogP contribution in [0.25, 0.3) is 11.4 Å². The molecule has 0 aliphatic heterocycles. The van der Waals surface area contributed by atoms with Gasteiger partial charge in [-0.2, -0.15) is 14.9 Å². The number of aromatic nitrogens is 3. The smallest absolute Gasteiger partial charge is 0.216 e. The Morgan fingerprint density at radius 2 is 1.73 bits per heavy atom. The van der Waals surface area contributed by atoms with E-state index in [-0.39, 0.29) is 0 Å². The fourth-order valence-corrected chi connectivity index (χ4v) is 3.10. The Labute approximate surface area is 179 Å². The maximum atomic E-state index is 5.98. The van der Waals surface area contributed by atoms with Gasteiger partial charge in [-0.3, -0.25) is 0 Å². The van der Waals surface area contributed by atoms with Crippen LogP contribution in [0.5, 0.6) is 11.5 Å². The Balaban J connectivity index is 1.59. The van der Waals surface area contributed by atoms with E-state index < -0.39 is 0 Å². The molecule has 6 nitrogen and oxygen atoms in total. The zero-order valence-corrected chi connectivity index (χ0v) is 17.2. The van der Waals surface area contributed by atoms with Crippen molar-refractivity contribution < 1.29 is 9.47 Å². The van der Waals surface area contributed by atoms with E-state index in [1.807, 2.05) is 78.9 Å². The molecule has 0 aliphatic rings. The molecule has 4 rings (SSSR count). The minimum atomic E-state index is 0.416. The number of aromatic amines is 1. The fourth-order valence-electron chi connectivity index (χ4n) is 2.92. The molecule has 4 aromatic rings. The van der Waals surface area contributed by atoms with Gasteiger partial charge in [-0.25, -0.2) is 5.10 Å². The first-order valence-electron chi connectivity index (χ1n) is 9.36. The zero-order valence-electron chi connectivity index (χ0n) is 16.4. The molecule has 1 heterocycles. The Morgan fingerprint density at radius 3 is 2.47 bits per heavy atom. The van der Waals surface area contributed by atoms with Crippen molar-refractivity contribution in [3.8, 4) is 22.9 Å². The number of nitrogens with zero attached hydrogens (tertiary/aromatic N) is 3. The van der Waals surface area contributed by atoms with Crippen LogP contribution in [-0.4, -0.2) is 28.2 Å². The predicted octanol–water partition coefficient (Wildman–Crippen LogP) is 5.08. The number of H-pyrrole nitrogens is 1. The van der Waals surface area contributed by atoms with Gasteiger partial charge >= 0.3 is 0 Å². The summed E-state index contributed by atoms with van der Waals surface area (Å²) < 4.78 is 13.4. The summed E-state index contributed by atoms with van der Waals surface area (Å²) >= 11 is 5.34. The van der Waals surface area contributed by atoms with Gasteiger partial charge in [0.2, 0.25) is 4.77 Å². The summed E-state index contributed by atoms with van der Waals surface area (Å²) in [6, 6.07) is 25.4. The lowest BCUT2D eigenvalue weighted by molar-refractivity contribution is 0.284. The Hall–Kier alpha value is -3.71. The van der Waals surface area contributed by atoms with E-state index in [1.165, 1.54) is 0 Å². The monoisotopic (exact) mass is 416 g/mol. The summed E-state index contributed by atoms with van der Waals surface area (Å²) in [7, 11) is 1.62.